The molecule has 1 atom stereocenters. The molecule has 0 amide bonds. The monoisotopic (exact) mass is 462 g/mol. The van der Waals surface area contributed by atoms with Crippen LogP contribution in [0.4, 0.5) is 5.69 Å². The minimum Gasteiger partial charge on any atom is -0.495 e. The Kier molecular flexibility index (Phi) is 5.24. The number of Topliss-reactive ketones (excluding diaryl/α,β-unsaturated/α-hetero) is 1. The van der Waals surface area contributed by atoms with E-state index in [0.29, 0.717) is 12.1 Å². The van der Waals surface area contributed by atoms with Crippen LogP contribution in [0.3, 0.4) is 0 Å². The normalized spacial score (nSPS) is 17.3. The summed E-state index contributed by atoms with van der Waals surface area (Å²) in [6.07, 6.45) is 6.60. The Morgan fingerprint density at radius 1 is 1.12 bits per heavy atom. The summed E-state index contributed by atoms with van der Waals surface area (Å²) in [6.45, 7) is 2.07. The minimum absolute atomic E-state index is 0.0359. The highest BCUT2D eigenvalue weighted by Gasteiger charge is 2.51. The number of ether oxygens (including phenoxy) is 1. The Hall–Kier alpha value is -3.19. The lowest BCUT2D eigenvalue weighted by molar-refractivity contribution is -0.125. The molecule has 3 aromatic rings. The van der Waals surface area contributed by atoms with Gasteiger partial charge in [0.05, 0.1) is 12.5 Å². The number of aromatic nitrogens is 1. The first-order valence-electron chi connectivity index (χ1n) is 11.1. The molecule has 0 bridgehead atoms. The number of benzene rings is 2. The minimum atomic E-state index is -3.89. The number of fused-ring (bicyclic) bond motifs is 2. The molecule has 0 aliphatic heterocycles. The first-order valence-corrected chi connectivity index (χ1v) is 12.6. The SMILES string of the molecule is COc1ccccc1S(=O)(=O)Nc1cc(C(C)c2cccnc2)c2c(c1)C1(CCC1)C(=O)C2. The predicted molar refractivity (Wildman–Crippen MR) is 126 cm³/mol. The van der Waals surface area contributed by atoms with Gasteiger partial charge in [-0.15, -0.1) is 0 Å². The summed E-state index contributed by atoms with van der Waals surface area (Å²) in [6, 6.07) is 14.2. The van der Waals surface area contributed by atoms with Gasteiger partial charge in [0, 0.05) is 30.4 Å². The van der Waals surface area contributed by atoms with Gasteiger partial charge in [-0.05, 0) is 65.4 Å². The molecule has 2 aliphatic rings. The van der Waals surface area contributed by atoms with Crippen LogP contribution < -0.4 is 9.46 Å². The van der Waals surface area contributed by atoms with Crippen molar-refractivity contribution in [3.05, 3.63) is 83.2 Å². The van der Waals surface area contributed by atoms with Crippen molar-refractivity contribution in [3.63, 3.8) is 0 Å². The van der Waals surface area contributed by atoms with Crippen LogP contribution in [0, 0.1) is 0 Å². The van der Waals surface area contributed by atoms with Crippen molar-refractivity contribution in [1.29, 1.82) is 0 Å². The summed E-state index contributed by atoms with van der Waals surface area (Å²) in [5.41, 5.74) is 4.00. The number of hydrogen-bond donors (Lipinski definition) is 1. The molecular weight excluding hydrogens is 436 g/mol. The van der Waals surface area contributed by atoms with E-state index in [9.17, 15) is 13.2 Å². The number of sulfonamides is 1. The smallest absolute Gasteiger partial charge is 0.265 e. The van der Waals surface area contributed by atoms with Crippen LogP contribution >= 0.6 is 0 Å². The van der Waals surface area contributed by atoms with Crippen LogP contribution in [0.2, 0.25) is 0 Å². The molecular formula is C26H26N2O4S. The zero-order valence-corrected chi connectivity index (χ0v) is 19.5. The lowest BCUT2D eigenvalue weighted by Crippen LogP contribution is -2.39. The standard InChI is InChI=1S/C26H26N2O4S/c1-17(18-7-5-12-27-16-18)20-13-19(14-22-21(20)15-25(29)26(22)10-6-11-26)28-33(30,31)24-9-4-3-8-23(24)32-2/h3-5,7-9,12-14,16-17,28H,6,10-11,15H2,1-2H3. The highest BCUT2D eigenvalue weighted by Crippen LogP contribution is 2.53. The number of pyridine rings is 1. The first-order chi connectivity index (χ1) is 15.9. The van der Waals surface area contributed by atoms with Gasteiger partial charge in [0.2, 0.25) is 0 Å². The van der Waals surface area contributed by atoms with Gasteiger partial charge in [0.25, 0.3) is 10.0 Å². The average Bonchev–Trinajstić information content (AvgIpc) is 3.10. The second-order valence-electron chi connectivity index (χ2n) is 8.89. The Morgan fingerprint density at radius 3 is 2.58 bits per heavy atom. The van der Waals surface area contributed by atoms with Crippen molar-refractivity contribution >= 4 is 21.5 Å². The summed E-state index contributed by atoms with van der Waals surface area (Å²) in [7, 11) is -2.44. The molecule has 0 saturated heterocycles. The van der Waals surface area contributed by atoms with Crippen molar-refractivity contribution in [1.82, 2.24) is 4.98 Å². The molecule has 0 radical (unpaired) electrons. The van der Waals surface area contributed by atoms with E-state index in [1.54, 1.807) is 24.4 Å². The van der Waals surface area contributed by atoms with Gasteiger partial charge in [-0.2, -0.15) is 0 Å². The summed E-state index contributed by atoms with van der Waals surface area (Å²) >= 11 is 0. The molecule has 33 heavy (non-hydrogen) atoms. The van der Waals surface area contributed by atoms with Crippen LogP contribution in [0.1, 0.15) is 54.4 Å². The van der Waals surface area contributed by atoms with E-state index in [4.69, 9.17) is 4.74 Å². The number of hydrogen-bond acceptors (Lipinski definition) is 5. The number of ketones is 1. The maximum Gasteiger partial charge on any atom is 0.265 e. The van der Waals surface area contributed by atoms with Crippen molar-refractivity contribution < 1.29 is 17.9 Å². The largest absolute Gasteiger partial charge is 0.495 e. The lowest BCUT2D eigenvalue weighted by Gasteiger charge is -2.38. The van der Waals surface area contributed by atoms with Gasteiger partial charge in [0.1, 0.15) is 16.4 Å². The summed E-state index contributed by atoms with van der Waals surface area (Å²) in [5.74, 6) is 0.486. The molecule has 170 valence electrons. The zero-order chi connectivity index (χ0) is 23.2. The summed E-state index contributed by atoms with van der Waals surface area (Å²) in [5, 5.41) is 0. The Labute approximate surface area is 194 Å². The van der Waals surface area contributed by atoms with Gasteiger partial charge >= 0.3 is 0 Å². The van der Waals surface area contributed by atoms with Gasteiger partial charge < -0.3 is 4.74 Å². The van der Waals surface area contributed by atoms with Crippen LogP contribution in [0.15, 0.2) is 65.8 Å². The van der Waals surface area contributed by atoms with E-state index in [-0.39, 0.29) is 22.3 Å². The molecule has 1 heterocycles. The van der Waals surface area contributed by atoms with E-state index >= 15 is 0 Å². The maximum absolute atomic E-state index is 13.3. The van der Waals surface area contributed by atoms with Gasteiger partial charge in [0.15, 0.2) is 0 Å². The van der Waals surface area contributed by atoms with E-state index in [0.717, 1.165) is 41.5 Å². The quantitative estimate of drug-likeness (QED) is 0.579. The molecule has 5 rings (SSSR count). The van der Waals surface area contributed by atoms with Crippen LogP contribution in [-0.2, 0) is 26.7 Å². The number of methoxy groups -OCH3 is 1. The molecule has 1 saturated carbocycles. The molecule has 2 aromatic carbocycles. The summed E-state index contributed by atoms with van der Waals surface area (Å²) in [4.78, 5) is 17.4. The van der Waals surface area contributed by atoms with Crippen molar-refractivity contribution in [2.75, 3.05) is 11.8 Å². The number of nitrogens with zero attached hydrogens (tertiary/aromatic N) is 1. The molecule has 1 N–H and O–H groups in total. The molecule has 6 nitrogen and oxygen atoms in total. The molecule has 1 aromatic heterocycles. The third-order valence-corrected chi connectivity index (χ3v) is 8.56. The Balaban J connectivity index is 1.63. The first kappa shape index (κ1) is 21.6. The number of para-hydroxylation sites is 1. The van der Waals surface area contributed by atoms with Crippen LogP contribution in [0.5, 0.6) is 5.75 Å². The topological polar surface area (TPSA) is 85.4 Å². The summed E-state index contributed by atoms with van der Waals surface area (Å²) < 4.78 is 34.6. The highest BCUT2D eigenvalue weighted by atomic mass is 32.2. The Morgan fingerprint density at radius 2 is 1.91 bits per heavy atom. The average molecular weight is 463 g/mol. The number of carbonyl (C=O) groups is 1. The van der Waals surface area contributed by atoms with E-state index in [1.807, 2.05) is 30.5 Å². The van der Waals surface area contributed by atoms with E-state index in [2.05, 4.69) is 16.6 Å². The number of anilines is 1. The fraction of sp³-hybridized carbons (Fsp3) is 0.308. The molecule has 2 aliphatic carbocycles. The van der Waals surface area contributed by atoms with Crippen LogP contribution in [0.25, 0.3) is 0 Å². The fourth-order valence-electron chi connectivity index (χ4n) is 5.19. The highest BCUT2D eigenvalue weighted by molar-refractivity contribution is 7.92. The number of carbonyl (C=O) groups excluding carboxylic acids is 1. The maximum atomic E-state index is 13.3. The third-order valence-electron chi connectivity index (χ3n) is 7.14. The molecule has 1 unspecified atom stereocenters. The predicted octanol–water partition coefficient (Wildman–Crippen LogP) is 4.59. The third kappa shape index (κ3) is 3.51. The second kappa shape index (κ2) is 7.99. The Bertz CT molecular complexity index is 1330. The lowest BCUT2D eigenvalue weighted by atomic mass is 9.64. The molecule has 7 heteroatoms. The zero-order valence-electron chi connectivity index (χ0n) is 18.7. The van der Waals surface area contributed by atoms with Crippen molar-refractivity contribution in [2.45, 2.75) is 48.8 Å². The number of nitrogens with one attached hydrogen (secondary N) is 1. The van der Waals surface area contributed by atoms with Crippen LogP contribution in [-0.4, -0.2) is 26.3 Å². The van der Waals surface area contributed by atoms with Gasteiger partial charge in [-0.3, -0.25) is 14.5 Å². The van der Waals surface area contributed by atoms with Crippen molar-refractivity contribution in [3.8, 4) is 5.75 Å². The van der Waals surface area contributed by atoms with Crippen molar-refractivity contribution in [2.24, 2.45) is 0 Å². The van der Waals surface area contributed by atoms with E-state index < -0.39 is 15.4 Å². The number of rotatable bonds is 6. The second-order valence-corrected chi connectivity index (χ2v) is 10.5. The molecule has 1 spiro atoms. The van der Waals surface area contributed by atoms with Gasteiger partial charge in [-0.25, -0.2) is 8.42 Å². The van der Waals surface area contributed by atoms with Gasteiger partial charge in [-0.1, -0.05) is 31.5 Å². The molecule has 1 fully saturated rings. The van der Waals surface area contributed by atoms with E-state index in [1.165, 1.54) is 13.2 Å². The fourth-order valence-corrected chi connectivity index (χ4v) is 6.40.